The van der Waals surface area contributed by atoms with Crippen LogP contribution < -0.4 is 5.73 Å². The van der Waals surface area contributed by atoms with Crippen molar-refractivity contribution >= 4 is 11.9 Å². The number of carboxylic acid groups (broad SMARTS) is 1. The van der Waals surface area contributed by atoms with Gasteiger partial charge in [0, 0.05) is 18.5 Å². The van der Waals surface area contributed by atoms with Gasteiger partial charge in [-0.15, -0.1) is 0 Å². The summed E-state index contributed by atoms with van der Waals surface area (Å²) in [5, 5.41) is 8.90. The maximum atomic E-state index is 10.9. The van der Waals surface area contributed by atoms with Crippen molar-refractivity contribution in [2.75, 3.05) is 13.1 Å². The summed E-state index contributed by atoms with van der Waals surface area (Å²) in [4.78, 5) is 24.0. The molecule has 110 valence electrons. The maximum Gasteiger partial charge on any atom is 0.371 e. The number of nitrogens with two attached hydrogens (primary N) is 1. The molecular weight excluding hydrogens is 260 g/mol. The molecule has 1 saturated heterocycles. The van der Waals surface area contributed by atoms with Crippen LogP contribution in [-0.2, 0) is 11.3 Å². The summed E-state index contributed by atoms with van der Waals surface area (Å²) in [6.45, 7) is 4.25. The van der Waals surface area contributed by atoms with Crippen molar-refractivity contribution in [1.82, 2.24) is 4.90 Å². The number of nitrogens with zero attached hydrogens (tertiary/aromatic N) is 1. The van der Waals surface area contributed by atoms with Gasteiger partial charge in [-0.1, -0.05) is 0 Å². The minimum atomic E-state index is -1.04. The number of primary amides is 1. The molecule has 1 aliphatic rings. The van der Waals surface area contributed by atoms with E-state index in [4.69, 9.17) is 15.3 Å². The van der Waals surface area contributed by atoms with E-state index >= 15 is 0 Å². The molecule has 20 heavy (non-hydrogen) atoms. The van der Waals surface area contributed by atoms with Gasteiger partial charge >= 0.3 is 5.97 Å². The lowest BCUT2D eigenvalue weighted by Gasteiger charge is -2.31. The predicted octanol–water partition coefficient (Wildman–Crippen LogP) is 1.37. The number of aromatic carboxylic acids is 1. The molecule has 0 spiro atoms. The van der Waals surface area contributed by atoms with Crippen LogP contribution in [0.3, 0.4) is 0 Å². The molecule has 1 aliphatic heterocycles. The van der Waals surface area contributed by atoms with E-state index in [0.717, 1.165) is 31.5 Å². The van der Waals surface area contributed by atoms with E-state index in [0.29, 0.717) is 24.6 Å². The number of piperidine rings is 1. The summed E-state index contributed by atoms with van der Waals surface area (Å²) >= 11 is 0. The molecule has 0 saturated carbocycles. The SMILES string of the molecule is Cc1oc(C(=O)O)cc1CN1CCC(CC(N)=O)CC1. The Kier molecular flexibility index (Phi) is 4.44. The fourth-order valence-corrected chi connectivity index (χ4v) is 2.66. The maximum absolute atomic E-state index is 10.9. The van der Waals surface area contributed by atoms with Gasteiger partial charge in [0.1, 0.15) is 5.76 Å². The number of aryl methyl sites for hydroxylation is 1. The van der Waals surface area contributed by atoms with Crippen LogP contribution in [0.25, 0.3) is 0 Å². The second kappa shape index (κ2) is 6.09. The van der Waals surface area contributed by atoms with Gasteiger partial charge < -0.3 is 15.3 Å². The van der Waals surface area contributed by atoms with Crippen molar-refractivity contribution in [2.45, 2.75) is 32.7 Å². The quantitative estimate of drug-likeness (QED) is 0.849. The molecular formula is C14H20N2O4. The molecule has 2 heterocycles. The van der Waals surface area contributed by atoms with E-state index in [1.165, 1.54) is 0 Å². The lowest BCUT2D eigenvalue weighted by atomic mass is 9.93. The normalized spacial score (nSPS) is 17.2. The molecule has 1 fully saturated rings. The topological polar surface area (TPSA) is 96.8 Å². The molecule has 6 nitrogen and oxygen atoms in total. The van der Waals surface area contributed by atoms with Crippen molar-refractivity contribution < 1.29 is 19.1 Å². The van der Waals surface area contributed by atoms with E-state index in [2.05, 4.69) is 4.90 Å². The first kappa shape index (κ1) is 14.6. The van der Waals surface area contributed by atoms with Crippen LogP contribution in [0.1, 0.15) is 41.1 Å². The zero-order valence-corrected chi connectivity index (χ0v) is 11.6. The van der Waals surface area contributed by atoms with Crippen molar-refractivity contribution in [1.29, 1.82) is 0 Å². The Hall–Kier alpha value is -1.82. The second-order valence-corrected chi connectivity index (χ2v) is 5.39. The Labute approximate surface area is 117 Å². The monoisotopic (exact) mass is 280 g/mol. The van der Waals surface area contributed by atoms with Crippen molar-refractivity contribution in [3.05, 3.63) is 23.2 Å². The van der Waals surface area contributed by atoms with Crippen LogP contribution in [0.4, 0.5) is 0 Å². The lowest BCUT2D eigenvalue weighted by molar-refractivity contribution is -0.119. The second-order valence-electron chi connectivity index (χ2n) is 5.39. The van der Waals surface area contributed by atoms with Gasteiger partial charge in [0.2, 0.25) is 11.7 Å². The van der Waals surface area contributed by atoms with Gasteiger partial charge in [-0.2, -0.15) is 0 Å². The number of furan rings is 1. The minimum absolute atomic E-state index is 0.0129. The molecule has 1 aromatic rings. The van der Waals surface area contributed by atoms with E-state index in [1.54, 1.807) is 13.0 Å². The van der Waals surface area contributed by atoms with Gasteiger partial charge in [-0.3, -0.25) is 9.69 Å². The van der Waals surface area contributed by atoms with Gasteiger partial charge in [0.15, 0.2) is 0 Å². The van der Waals surface area contributed by atoms with Crippen molar-refractivity contribution in [2.24, 2.45) is 11.7 Å². The highest BCUT2D eigenvalue weighted by Gasteiger charge is 2.22. The number of rotatable bonds is 5. The number of carbonyl (C=O) groups is 2. The molecule has 2 rings (SSSR count). The van der Waals surface area contributed by atoms with Crippen molar-refractivity contribution in [3.8, 4) is 0 Å². The lowest BCUT2D eigenvalue weighted by Crippen LogP contribution is -2.34. The van der Waals surface area contributed by atoms with Gasteiger partial charge in [0.25, 0.3) is 0 Å². The summed E-state index contributed by atoms with van der Waals surface area (Å²) in [6.07, 6.45) is 2.36. The Balaban J connectivity index is 1.89. The first-order valence-electron chi connectivity index (χ1n) is 6.79. The first-order valence-corrected chi connectivity index (χ1v) is 6.79. The summed E-state index contributed by atoms with van der Waals surface area (Å²) in [5.41, 5.74) is 6.12. The third kappa shape index (κ3) is 3.60. The predicted molar refractivity (Wildman–Crippen MR) is 72.2 cm³/mol. The highest BCUT2D eigenvalue weighted by molar-refractivity contribution is 5.84. The number of hydrogen-bond acceptors (Lipinski definition) is 4. The molecule has 0 unspecified atom stereocenters. The Morgan fingerprint density at radius 2 is 2.10 bits per heavy atom. The third-order valence-corrected chi connectivity index (χ3v) is 3.82. The van der Waals surface area contributed by atoms with Gasteiger partial charge in [-0.25, -0.2) is 4.79 Å². The summed E-state index contributed by atoms with van der Waals surface area (Å²) < 4.78 is 5.20. The fraction of sp³-hybridized carbons (Fsp3) is 0.571. The number of amides is 1. The van der Waals surface area contributed by atoms with Gasteiger partial charge in [0.05, 0.1) is 0 Å². The Bertz CT molecular complexity index is 501. The van der Waals surface area contributed by atoms with E-state index in [-0.39, 0.29) is 11.7 Å². The van der Waals surface area contributed by atoms with E-state index in [1.807, 2.05) is 0 Å². The minimum Gasteiger partial charge on any atom is -0.475 e. The average molecular weight is 280 g/mol. The average Bonchev–Trinajstić information content (AvgIpc) is 2.73. The van der Waals surface area contributed by atoms with E-state index in [9.17, 15) is 9.59 Å². The van der Waals surface area contributed by atoms with Crippen LogP contribution in [-0.4, -0.2) is 35.0 Å². The molecule has 0 aliphatic carbocycles. The molecule has 6 heteroatoms. The van der Waals surface area contributed by atoms with Crippen LogP contribution in [0.2, 0.25) is 0 Å². The van der Waals surface area contributed by atoms with Crippen LogP contribution >= 0.6 is 0 Å². The number of likely N-dealkylation sites (tertiary alicyclic amines) is 1. The molecule has 1 amide bonds. The van der Waals surface area contributed by atoms with Crippen LogP contribution in [0.5, 0.6) is 0 Å². The number of carboxylic acids is 1. The first-order chi connectivity index (χ1) is 9.45. The summed E-state index contributed by atoms with van der Waals surface area (Å²) in [7, 11) is 0. The molecule has 3 N–H and O–H groups in total. The number of carbonyl (C=O) groups excluding carboxylic acids is 1. The zero-order valence-electron chi connectivity index (χ0n) is 11.6. The standard InChI is InChI=1S/C14H20N2O4/c1-9-11(7-12(20-9)14(18)19)8-16-4-2-10(3-5-16)6-13(15)17/h7,10H,2-6,8H2,1H3,(H2,15,17)(H,18,19). The van der Waals surface area contributed by atoms with E-state index < -0.39 is 5.97 Å². The molecule has 0 radical (unpaired) electrons. The van der Waals surface area contributed by atoms with Gasteiger partial charge in [-0.05, 0) is 44.8 Å². The molecule has 1 aromatic heterocycles. The fourth-order valence-electron chi connectivity index (χ4n) is 2.66. The number of hydrogen-bond donors (Lipinski definition) is 2. The highest BCUT2D eigenvalue weighted by Crippen LogP contribution is 2.23. The largest absolute Gasteiger partial charge is 0.475 e. The van der Waals surface area contributed by atoms with Crippen molar-refractivity contribution in [3.63, 3.8) is 0 Å². The highest BCUT2D eigenvalue weighted by atomic mass is 16.4. The van der Waals surface area contributed by atoms with Crippen LogP contribution in [0, 0.1) is 12.8 Å². The molecule has 0 atom stereocenters. The summed E-state index contributed by atoms with van der Waals surface area (Å²) in [6, 6.07) is 1.59. The Morgan fingerprint density at radius 1 is 1.45 bits per heavy atom. The Morgan fingerprint density at radius 3 is 2.60 bits per heavy atom. The summed E-state index contributed by atoms with van der Waals surface area (Å²) in [5.74, 6) is -0.258. The zero-order chi connectivity index (χ0) is 14.7. The third-order valence-electron chi connectivity index (χ3n) is 3.82. The molecule has 0 bridgehead atoms. The smallest absolute Gasteiger partial charge is 0.371 e. The molecule has 0 aromatic carbocycles. The van der Waals surface area contributed by atoms with Crippen LogP contribution in [0.15, 0.2) is 10.5 Å².